The van der Waals surface area contributed by atoms with Crippen LogP contribution < -0.4 is 11.1 Å². The molecule has 0 saturated carbocycles. The van der Waals surface area contributed by atoms with Crippen LogP contribution in [0.15, 0.2) is 59.3 Å². The number of fused-ring (bicyclic) bond motifs is 1. The van der Waals surface area contributed by atoms with E-state index in [9.17, 15) is 17.6 Å². The van der Waals surface area contributed by atoms with Crippen LogP contribution in [-0.4, -0.2) is 49.6 Å². The largest absolute Gasteiger partial charge is 0.444 e. The normalized spacial score (nSPS) is 12.8. The number of nitrogen functional groups attached to an aromatic ring is 1. The first-order valence-corrected chi connectivity index (χ1v) is 12.9. The number of nitrogens with one attached hydrogen (secondary N) is 1. The highest BCUT2D eigenvalue weighted by Gasteiger charge is 2.21. The number of carbonyl (C=O) groups is 1. The van der Waals surface area contributed by atoms with Crippen LogP contribution in [0, 0.1) is 6.92 Å². The summed E-state index contributed by atoms with van der Waals surface area (Å²) in [7, 11) is -0.677. The van der Waals surface area contributed by atoms with Gasteiger partial charge >= 0.3 is 6.09 Å². The molecule has 0 unspecified atom stereocenters. The summed E-state index contributed by atoms with van der Waals surface area (Å²) in [6, 6.07) is 12.0. The summed E-state index contributed by atoms with van der Waals surface area (Å²) in [6.07, 6.45) is 0.663. The van der Waals surface area contributed by atoms with Crippen molar-refractivity contribution in [3.05, 3.63) is 60.1 Å². The van der Waals surface area contributed by atoms with Crippen LogP contribution in [0.1, 0.15) is 26.5 Å². The number of rotatable bonds is 7. The molecule has 0 spiro atoms. The summed E-state index contributed by atoms with van der Waals surface area (Å²) >= 11 is 0. The average Bonchev–Trinajstić information content (AvgIpc) is 3.02. The molecular formula is C26H33FN4O4S. The summed E-state index contributed by atoms with van der Waals surface area (Å²) < 4.78 is 48.4. The van der Waals surface area contributed by atoms with Crippen LogP contribution in [0.5, 0.6) is 0 Å². The van der Waals surface area contributed by atoms with Crippen molar-refractivity contribution in [2.24, 2.45) is 0 Å². The molecule has 0 saturated heterocycles. The van der Waals surface area contributed by atoms with Crippen LogP contribution in [0.4, 0.5) is 14.9 Å². The molecule has 1 aromatic heterocycles. The van der Waals surface area contributed by atoms with E-state index in [0.29, 0.717) is 11.3 Å². The molecule has 3 rings (SSSR count). The smallest absolute Gasteiger partial charge is 0.407 e. The molecule has 194 valence electrons. The predicted octanol–water partition coefficient (Wildman–Crippen LogP) is 4.83. The Kier molecular flexibility index (Phi) is 7.80. The first kappa shape index (κ1) is 27.2. The Bertz CT molecular complexity index is 1420. The number of hydrogen-bond donors (Lipinski definition) is 2. The predicted molar refractivity (Wildman–Crippen MR) is 141 cm³/mol. The number of allylic oxidation sites excluding steroid dienone is 1. The van der Waals surface area contributed by atoms with Gasteiger partial charge < -0.3 is 20.4 Å². The quantitative estimate of drug-likeness (QED) is 0.438. The van der Waals surface area contributed by atoms with Crippen LogP contribution >= 0.6 is 0 Å². The zero-order valence-corrected chi connectivity index (χ0v) is 22.2. The highest BCUT2D eigenvalue weighted by Crippen LogP contribution is 2.37. The third kappa shape index (κ3) is 6.06. The molecule has 0 atom stereocenters. The third-order valence-electron chi connectivity index (χ3n) is 5.53. The van der Waals surface area contributed by atoms with Gasteiger partial charge in [-0.2, -0.15) is 0 Å². The molecule has 10 heteroatoms. The molecule has 0 aliphatic rings. The second kappa shape index (κ2) is 10.3. The van der Waals surface area contributed by atoms with Gasteiger partial charge in [-0.1, -0.05) is 12.1 Å². The number of ether oxygens (including phenoxy) is 1. The molecule has 1 heterocycles. The molecule has 0 aliphatic carbocycles. The van der Waals surface area contributed by atoms with E-state index in [4.69, 9.17) is 10.5 Å². The van der Waals surface area contributed by atoms with E-state index < -0.39 is 27.5 Å². The molecule has 1 amide bonds. The fourth-order valence-corrected chi connectivity index (χ4v) is 4.81. The number of anilines is 1. The Labute approximate surface area is 211 Å². The van der Waals surface area contributed by atoms with Gasteiger partial charge in [-0.15, -0.1) is 0 Å². The number of alkyl carbamates (subject to hydrolysis) is 1. The number of benzene rings is 2. The van der Waals surface area contributed by atoms with Crippen LogP contribution in [0.2, 0.25) is 0 Å². The zero-order valence-electron chi connectivity index (χ0n) is 21.4. The maximum atomic E-state index is 14.9. The van der Waals surface area contributed by atoms with Crippen molar-refractivity contribution < 1.29 is 22.3 Å². The fourth-order valence-electron chi connectivity index (χ4n) is 3.87. The molecule has 0 bridgehead atoms. The van der Waals surface area contributed by atoms with Gasteiger partial charge in [0.25, 0.3) is 0 Å². The molecule has 3 aromatic rings. The maximum Gasteiger partial charge on any atom is 0.407 e. The molecule has 0 radical (unpaired) electrons. The van der Waals surface area contributed by atoms with E-state index in [1.165, 1.54) is 20.2 Å². The summed E-state index contributed by atoms with van der Waals surface area (Å²) in [5.74, 6) is -0.446. The van der Waals surface area contributed by atoms with Crippen molar-refractivity contribution in [3.8, 4) is 11.1 Å². The highest BCUT2D eigenvalue weighted by molar-refractivity contribution is 7.89. The second-order valence-corrected chi connectivity index (χ2v) is 11.8. The summed E-state index contributed by atoms with van der Waals surface area (Å²) in [5, 5.41) is 3.30. The van der Waals surface area contributed by atoms with Crippen molar-refractivity contribution in [2.45, 2.75) is 44.7 Å². The van der Waals surface area contributed by atoms with Gasteiger partial charge in [0.05, 0.1) is 11.4 Å². The number of halogens is 1. The minimum absolute atomic E-state index is 0.0246. The fraction of sp³-hybridized carbons (Fsp3) is 0.346. The lowest BCUT2D eigenvalue weighted by molar-refractivity contribution is 0.0534. The van der Waals surface area contributed by atoms with E-state index in [0.717, 1.165) is 26.5 Å². The minimum atomic E-state index is -3.63. The van der Waals surface area contributed by atoms with Crippen molar-refractivity contribution in [1.29, 1.82) is 0 Å². The van der Waals surface area contributed by atoms with E-state index in [1.807, 2.05) is 19.1 Å². The number of nitrogens with zero attached hydrogens (tertiary/aromatic N) is 2. The Morgan fingerprint density at radius 1 is 1.19 bits per heavy atom. The standard InChI is InChI=1S/C26H33FN4O4S/c1-17-24(18-8-7-9-21(14-18)36(33,34)30(5)6)22-15-20(28)10-11-23(22)31(17)16-19(27)12-13-29-25(32)35-26(2,3)4/h7-12,14-15H,13,16,28H2,1-6H3,(H,29,32)/b19-12-. The van der Waals surface area contributed by atoms with Gasteiger partial charge in [-0.3, -0.25) is 0 Å². The third-order valence-corrected chi connectivity index (χ3v) is 7.34. The molecule has 0 aliphatic heterocycles. The summed E-state index contributed by atoms with van der Waals surface area (Å²) in [5.41, 5.74) is 8.90. The monoisotopic (exact) mass is 516 g/mol. The van der Waals surface area contributed by atoms with Crippen molar-refractivity contribution in [3.63, 3.8) is 0 Å². The summed E-state index contributed by atoms with van der Waals surface area (Å²) in [6.45, 7) is 7.00. The number of nitrogens with two attached hydrogens (primary N) is 1. The lowest BCUT2D eigenvalue weighted by Crippen LogP contribution is -2.32. The summed E-state index contributed by atoms with van der Waals surface area (Å²) in [4.78, 5) is 12.0. The van der Waals surface area contributed by atoms with Crippen molar-refractivity contribution >= 4 is 32.7 Å². The SMILES string of the molecule is Cc1c(-c2cccc(S(=O)(=O)N(C)C)c2)c2cc(N)ccc2n1C/C(F)=C/CNC(=O)OC(C)(C)C. The van der Waals surface area contributed by atoms with Gasteiger partial charge in [0, 0.05) is 48.5 Å². The molecular weight excluding hydrogens is 483 g/mol. The first-order valence-electron chi connectivity index (χ1n) is 11.4. The van der Waals surface area contributed by atoms with Gasteiger partial charge in [0.1, 0.15) is 11.4 Å². The van der Waals surface area contributed by atoms with Crippen molar-refractivity contribution in [1.82, 2.24) is 14.2 Å². The Hall–Kier alpha value is -3.37. The van der Waals surface area contributed by atoms with E-state index in [1.54, 1.807) is 55.7 Å². The van der Waals surface area contributed by atoms with E-state index >= 15 is 0 Å². The maximum absolute atomic E-state index is 14.9. The molecule has 8 nitrogen and oxygen atoms in total. The number of hydrogen-bond acceptors (Lipinski definition) is 5. The van der Waals surface area contributed by atoms with E-state index in [2.05, 4.69) is 5.32 Å². The van der Waals surface area contributed by atoms with Gasteiger partial charge in [-0.25, -0.2) is 21.9 Å². The van der Waals surface area contributed by atoms with Gasteiger partial charge in [0.15, 0.2) is 0 Å². The van der Waals surface area contributed by atoms with Crippen LogP contribution in [0.25, 0.3) is 22.0 Å². The Morgan fingerprint density at radius 3 is 2.53 bits per heavy atom. The Morgan fingerprint density at radius 2 is 1.89 bits per heavy atom. The molecule has 2 aromatic carbocycles. The van der Waals surface area contributed by atoms with Crippen molar-refractivity contribution in [2.75, 3.05) is 26.4 Å². The minimum Gasteiger partial charge on any atom is -0.444 e. The number of aromatic nitrogens is 1. The first-order chi connectivity index (χ1) is 16.7. The number of carbonyl (C=O) groups excluding carboxylic acids is 1. The molecule has 3 N–H and O–H groups in total. The average molecular weight is 517 g/mol. The lowest BCUT2D eigenvalue weighted by Gasteiger charge is -2.19. The van der Waals surface area contributed by atoms with Gasteiger partial charge in [-0.05, 0) is 69.7 Å². The molecule has 36 heavy (non-hydrogen) atoms. The second-order valence-electron chi connectivity index (χ2n) is 9.67. The number of amides is 1. The van der Waals surface area contributed by atoms with Gasteiger partial charge in [0.2, 0.25) is 10.0 Å². The zero-order chi connectivity index (χ0) is 26.8. The number of sulfonamides is 1. The Balaban J connectivity index is 1.98. The van der Waals surface area contributed by atoms with Crippen LogP contribution in [-0.2, 0) is 21.3 Å². The lowest BCUT2D eigenvalue weighted by atomic mass is 10.0. The highest BCUT2D eigenvalue weighted by atomic mass is 32.2. The van der Waals surface area contributed by atoms with E-state index in [-0.39, 0.29) is 18.0 Å². The topological polar surface area (TPSA) is 107 Å². The molecule has 0 fully saturated rings. The van der Waals surface area contributed by atoms with Crippen LogP contribution in [0.3, 0.4) is 0 Å².